The lowest BCUT2D eigenvalue weighted by Gasteiger charge is -2.49. The number of carbonyl (C=O) groups excluding carboxylic acids is 2. The predicted molar refractivity (Wildman–Crippen MR) is 136 cm³/mol. The van der Waals surface area contributed by atoms with Gasteiger partial charge < -0.3 is 24.7 Å². The van der Waals surface area contributed by atoms with Crippen LogP contribution in [0.4, 0.5) is 0 Å². The molecule has 2 aliphatic heterocycles. The Morgan fingerprint density at radius 1 is 1.03 bits per heavy atom. The number of aromatic hydroxyl groups is 2. The molecule has 0 aromatic heterocycles. The van der Waals surface area contributed by atoms with Crippen molar-refractivity contribution in [1.29, 1.82) is 0 Å². The van der Waals surface area contributed by atoms with Crippen LogP contribution >= 0.6 is 0 Å². The molecule has 1 saturated heterocycles. The second-order valence-electron chi connectivity index (χ2n) is 9.15. The highest BCUT2D eigenvalue weighted by molar-refractivity contribution is 5.97. The van der Waals surface area contributed by atoms with Gasteiger partial charge in [-0.05, 0) is 59.0 Å². The number of carbonyl (C=O) groups is 2. The molecule has 184 valence electrons. The average molecular weight is 485 g/mol. The van der Waals surface area contributed by atoms with E-state index in [0.29, 0.717) is 19.5 Å². The summed E-state index contributed by atoms with van der Waals surface area (Å²) in [5, 5.41) is 20.2. The van der Waals surface area contributed by atoms with Crippen LogP contribution in [0.1, 0.15) is 28.3 Å². The molecule has 0 radical (unpaired) electrons. The van der Waals surface area contributed by atoms with E-state index >= 15 is 0 Å². The largest absolute Gasteiger partial charge is 0.504 e. The molecular weight excluding hydrogens is 456 g/mol. The Labute approximate surface area is 209 Å². The molecule has 7 heteroatoms. The molecule has 0 aliphatic carbocycles. The first kappa shape index (κ1) is 23.5. The lowest BCUT2D eigenvalue weighted by Crippen LogP contribution is -2.62. The lowest BCUT2D eigenvalue weighted by molar-refractivity contribution is -0.154. The maximum atomic E-state index is 13.6. The van der Waals surface area contributed by atoms with E-state index in [2.05, 4.69) is 0 Å². The van der Waals surface area contributed by atoms with E-state index in [-0.39, 0.29) is 29.7 Å². The summed E-state index contributed by atoms with van der Waals surface area (Å²) in [6.07, 6.45) is 4.20. The first-order chi connectivity index (χ1) is 17.4. The van der Waals surface area contributed by atoms with Crippen LogP contribution in [0, 0.1) is 0 Å². The van der Waals surface area contributed by atoms with Crippen molar-refractivity contribution < 1.29 is 24.5 Å². The standard InChI is InChI=1S/C29H28N2O5/c1-36-22-10-7-20(8-11-22)13-14-30-18-25-23-17-27(33)26(32)16-21(23)15-24(29(30)35)31(25)28(34)12-9-19-5-3-2-4-6-19/h2-12,16-17,24-25,32-33H,13-15,18H2,1H3/b12-9+/t24-,25-/m0/s1. The summed E-state index contributed by atoms with van der Waals surface area (Å²) in [4.78, 5) is 30.4. The SMILES string of the molecule is COc1ccc(CCN2C[C@H]3c4cc(O)c(O)cc4C[C@@H](C2=O)N3C(=O)/C=C/c2ccccc2)cc1. The van der Waals surface area contributed by atoms with Gasteiger partial charge in [0, 0.05) is 25.6 Å². The number of ether oxygens (including phenoxy) is 1. The van der Waals surface area contributed by atoms with Gasteiger partial charge in [-0.15, -0.1) is 0 Å². The summed E-state index contributed by atoms with van der Waals surface area (Å²) in [5.41, 5.74) is 3.51. The topological polar surface area (TPSA) is 90.3 Å². The Morgan fingerprint density at radius 3 is 2.47 bits per heavy atom. The van der Waals surface area contributed by atoms with Gasteiger partial charge in [-0.3, -0.25) is 9.59 Å². The quantitative estimate of drug-likeness (QED) is 0.411. The number of piperazine rings is 1. The Hall–Kier alpha value is -4.26. The number of nitrogens with zero attached hydrogens (tertiary/aromatic N) is 2. The summed E-state index contributed by atoms with van der Waals surface area (Å²) in [5.74, 6) is -0.0464. The molecule has 3 aromatic rings. The Kier molecular flexibility index (Phi) is 6.38. The third-order valence-corrected chi connectivity index (χ3v) is 6.97. The van der Waals surface area contributed by atoms with Crippen LogP contribution in [-0.4, -0.2) is 58.1 Å². The number of phenolic OH excluding ortho intramolecular Hbond substituents is 2. The van der Waals surface area contributed by atoms with Crippen LogP contribution in [0.25, 0.3) is 6.08 Å². The van der Waals surface area contributed by atoms with Gasteiger partial charge in [-0.2, -0.15) is 0 Å². The summed E-state index contributed by atoms with van der Waals surface area (Å²) < 4.78 is 5.22. The Bertz CT molecular complexity index is 1300. The monoisotopic (exact) mass is 484 g/mol. The number of phenols is 2. The third-order valence-electron chi connectivity index (χ3n) is 6.97. The van der Waals surface area contributed by atoms with Crippen molar-refractivity contribution in [1.82, 2.24) is 9.80 Å². The smallest absolute Gasteiger partial charge is 0.247 e. The Morgan fingerprint density at radius 2 is 1.75 bits per heavy atom. The van der Waals surface area contributed by atoms with E-state index in [9.17, 15) is 19.8 Å². The van der Waals surface area contributed by atoms with Gasteiger partial charge >= 0.3 is 0 Å². The summed E-state index contributed by atoms with van der Waals surface area (Å²) in [6.45, 7) is 0.826. The van der Waals surface area contributed by atoms with Crippen molar-refractivity contribution in [2.45, 2.75) is 24.9 Å². The van der Waals surface area contributed by atoms with Crippen molar-refractivity contribution in [3.63, 3.8) is 0 Å². The summed E-state index contributed by atoms with van der Waals surface area (Å²) in [7, 11) is 1.62. The minimum Gasteiger partial charge on any atom is -0.504 e. The number of benzene rings is 3. The first-order valence-electron chi connectivity index (χ1n) is 12.0. The molecule has 0 unspecified atom stereocenters. The minimum atomic E-state index is -0.677. The molecule has 7 nitrogen and oxygen atoms in total. The van der Waals surface area contributed by atoms with Gasteiger partial charge in [0.1, 0.15) is 11.8 Å². The Balaban J connectivity index is 1.42. The summed E-state index contributed by atoms with van der Waals surface area (Å²) >= 11 is 0. The molecule has 2 aliphatic rings. The maximum absolute atomic E-state index is 13.6. The van der Waals surface area contributed by atoms with Crippen molar-refractivity contribution in [2.75, 3.05) is 20.2 Å². The maximum Gasteiger partial charge on any atom is 0.247 e. The zero-order chi connectivity index (χ0) is 25.2. The second kappa shape index (κ2) is 9.77. The van der Waals surface area contributed by atoms with E-state index in [1.807, 2.05) is 54.6 Å². The molecule has 2 heterocycles. The van der Waals surface area contributed by atoms with Crippen LogP contribution in [0.3, 0.4) is 0 Å². The van der Waals surface area contributed by atoms with Crippen molar-refractivity contribution in [3.8, 4) is 17.2 Å². The number of fused-ring (bicyclic) bond motifs is 4. The molecular formula is C29H28N2O5. The molecule has 36 heavy (non-hydrogen) atoms. The molecule has 2 bridgehead atoms. The van der Waals surface area contributed by atoms with Gasteiger partial charge in [0.2, 0.25) is 11.8 Å². The molecule has 5 rings (SSSR count). The van der Waals surface area contributed by atoms with Crippen LogP contribution < -0.4 is 4.74 Å². The van der Waals surface area contributed by atoms with Crippen LogP contribution in [0.2, 0.25) is 0 Å². The van der Waals surface area contributed by atoms with E-state index in [1.165, 1.54) is 18.2 Å². The van der Waals surface area contributed by atoms with Crippen molar-refractivity contribution >= 4 is 17.9 Å². The van der Waals surface area contributed by atoms with Gasteiger partial charge in [-0.1, -0.05) is 42.5 Å². The molecule has 0 saturated carbocycles. The lowest BCUT2D eigenvalue weighted by atomic mass is 9.84. The molecule has 2 N–H and O–H groups in total. The highest BCUT2D eigenvalue weighted by Crippen LogP contribution is 2.42. The fraction of sp³-hybridized carbons (Fsp3) is 0.241. The van der Waals surface area contributed by atoms with Gasteiger partial charge in [0.05, 0.1) is 13.2 Å². The minimum absolute atomic E-state index is 0.112. The molecule has 3 aromatic carbocycles. The number of hydrogen-bond donors (Lipinski definition) is 2. The van der Waals surface area contributed by atoms with E-state index in [1.54, 1.807) is 23.0 Å². The second-order valence-corrected chi connectivity index (χ2v) is 9.15. The van der Waals surface area contributed by atoms with Gasteiger partial charge in [-0.25, -0.2) is 0 Å². The van der Waals surface area contributed by atoms with Crippen LogP contribution in [-0.2, 0) is 22.4 Å². The number of hydrogen-bond acceptors (Lipinski definition) is 5. The van der Waals surface area contributed by atoms with Crippen molar-refractivity contribution in [3.05, 3.63) is 95.1 Å². The molecule has 0 spiro atoms. The van der Waals surface area contributed by atoms with Gasteiger partial charge in [0.15, 0.2) is 11.5 Å². The zero-order valence-corrected chi connectivity index (χ0v) is 20.0. The van der Waals surface area contributed by atoms with Crippen LogP contribution in [0.5, 0.6) is 17.2 Å². The molecule has 1 fully saturated rings. The third kappa shape index (κ3) is 4.52. The van der Waals surface area contributed by atoms with Crippen LogP contribution in [0.15, 0.2) is 72.8 Å². The highest BCUT2D eigenvalue weighted by atomic mass is 16.5. The number of amides is 2. The summed E-state index contributed by atoms with van der Waals surface area (Å²) in [6, 6.07) is 19.2. The number of methoxy groups -OCH3 is 1. The van der Waals surface area contributed by atoms with Gasteiger partial charge in [0.25, 0.3) is 0 Å². The highest BCUT2D eigenvalue weighted by Gasteiger charge is 2.47. The van der Waals surface area contributed by atoms with E-state index in [4.69, 9.17) is 4.74 Å². The normalized spacial score (nSPS) is 18.9. The van der Waals surface area contributed by atoms with E-state index < -0.39 is 12.1 Å². The average Bonchev–Trinajstić information content (AvgIpc) is 2.90. The number of rotatable bonds is 6. The molecule has 2 atom stereocenters. The van der Waals surface area contributed by atoms with E-state index in [0.717, 1.165) is 28.0 Å². The first-order valence-corrected chi connectivity index (χ1v) is 12.0. The zero-order valence-electron chi connectivity index (χ0n) is 20.0. The van der Waals surface area contributed by atoms with Crippen molar-refractivity contribution in [2.24, 2.45) is 0 Å². The fourth-order valence-electron chi connectivity index (χ4n) is 5.08. The molecule has 2 amide bonds. The fourth-order valence-corrected chi connectivity index (χ4v) is 5.08. The predicted octanol–water partition coefficient (Wildman–Crippen LogP) is 3.70.